The number of nitrogens with two attached hydrogens (primary N) is 1. The second-order valence-electron chi connectivity index (χ2n) is 11.0. The van der Waals surface area contributed by atoms with E-state index in [4.69, 9.17) is 35.9 Å². The number of aliphatic hydroxyl groups excluding tert-OH is 1. The molecule has 4 aromatic rings. The Hall–Kier alpha value is -3.32. The van der Waals surface area contributed by atoms with Crippen molar-refractivity contribution in [2.45, 2.75) is 76.0 Å². The molecule has 2 aromatic carbocycles. The molecule has 5 atom stereocenters. The fraction of sp³-hybridized carbons (Fsp3) is 0.448. The van der Waals surface area contributed by atoms with Gasteiger partial charge in [0.1, 0.15) is 41.8 Å². The first-order valence-electron chi connectivity index (χ1n) is 14.6. The average molecular weight is 645 g/mol. The maximum atomic E-state index is 14.6. The van der Waals surface area contributed by atoms with Crippen molar-refractivity contribution in [2.75, 3.05) is 12.3 Å². The van der Waals surface area contributed by atoms with Crippen LogP contribution in [0.15, 0.2) is 48.8 Å². The Balaban J connectivity index is 1.27. The van der Waals surface area contributed by atoms with E-state index >= 15 is 0 Å². The largest absolute Gasteiger partial charge is 0.461 e. The third-order valence-corrected chi connectivity index (χ3v) is 9.73. The summed E-state index contributed by atoms with van der Waals surface area (Å²) in [6, 6.07) is 11.8. The molecule has 2 fully saturated rings. The Morgan fingerprint density at radius 2 is 1.98 bits per heavy atom. The van der Waals surface area contributed by atoms with E-state index in [1.54, 1.807) is 23.6 Å². The highest BCUT2D eigenvalue weighted by Gasteiger charge is 2.44. The number of imidazole rings is 1. The first kappa shape index (κ1) is 30.7. The fourth-order valence-electron chi connectivity index (χ4n) is 5.67. The molecule has 2 unspecified atom stereocenters. The highest BCUT2D eigenvalue weighted by atomic mass is 35.5. The highest BCUT2D eigenvalue weighted by molar-refractivity contribution is 7.52. The lowest BCUT2D eigenvalue weighted by molar-refractivity contribution is -0.152. The number of nitrogen functional groups attached to an aromatic ring is 1. The van der Waals surface area contributed by atoms with Crippen molar-refractivity contribution in [3.63, 3.8) is 0 Å². The van der Waals surface area contributed by atoms with E-state index in [1.165, 1.54) is 6.33 Å². The maximum absolute atomic E-state index is 14.6. The molecule has 1 saturated carbocycles. The Bertz CT molecular complexity index is 1690. The topological polar surface area (TPSA) is 173 Å². The lowest BCUT2D eigenvalue weighted by atomic mass is 9.98. The number of benzene rings is 2. The van der Waals surface area contributed by atoms with Gasteiger partial charge in [-0.2, -0.15) is 15.1 Å². The van der Waals surface area contributed by atoms with E-state index in [-0.39, 0.29) is 23.6 Å². The number of fused-ring (bicyclic) bond motifs is 2. The van der Waals surface area contributed by atoms with Crippen molar-refractivity contribution in [3.8, 4) is 5.75 Å². The van der Waals surface area contributed by atoms with Crippen molar-refractivity contribution in [1.82, 2.24) is 24.6 Å². The zero-order valence-corrected chi connectivity index (χ0v) is 25.7. The van der Waals surface area contributed by atoms with Crippen LogP contribution in [0.5, 0.6) is 5.75 Å². The molecule has 13 nitrogen and oxygen atoms in total. The number of aliphatic hydroxyl groups is 1. The lowest BCUT2D eigenvalue weighted by Crippen LogP contribution is -2.39. The molecule has 1 aliphatic carbocycles. The number of hydrogen-bond donors (Lipinski definition) is 3. The van der Waals surface area contributed by atoms with Gasteiger partial charge < -0.3 is 24.8 Å². The van der Waals surface area contributed by atoms with Crippen LogP contribution in [0.1, 0.15) is 51.7 Å². The number of esters is 1. The summed E-state index contributed by atoms with van der Waals surface area (Å²) in [4.78, 5) is 25.5. The first-order chi connectivity index (χ1) is 21.2. The molecule has 0 amide bonds. The predicted molar refractivity (Wildman–Crippen MR) is 163 cm³/mol. The first-order valence-corrected chi connectivity index (χ1v) is 16.5. The van der Waals surface area contributed by atoms with Crippen molar-refractivity contribution >= 4 is 53.1 Å². The molecule has 1 aliphatic heterocycles. The van der Waals surface area contributed by atoms with Crippen LogP contribution in [0, 0.1) is 0 Å². The number of carbonyl (C=O) groups excluding carboxylic acids is 1. The molecule has 0 bridgehead atoms. The SMILES string of the molecule is C[C@H](NP(=O)(Oc1cccc2ccccc12)OC1C[C@H](n2cnc3c(N)nc(Cl)nc32)O[C@@H]1CO)C(=O)OC1CCCCC1. The molecule has 0 spiro atoms. The smallest absolute Gasteiger partial charge is 0.459 e. The maximum Gasteiger partial charge on any atom is 0.459 e. The molecule has 6 rings (SSSR count). The van der Waals surface area contributed by atoms with Crippen LogP contribution >= 0.6 is 19.3 Å². The number of rotatable bonds is 10. The van der Waals surface area contributed by atoms with Gasteiger partial charge in [0, 0.05) is 11.8 Å². The van der Waals surface area contributed by atoms with Gasteiger partial charge in [-0.15, -0.1) is 0 Å². The monoisotopic (exact) mass is 644 g/mol. The van der Waals surface area contributed by atoms with Gasteiger partial charge in [0.15, 0.2) is 11.5 Å². The number of aromatic nitrogens is 4. The van der Waals surface area contributed by atoms with Gasteiger partial charge in [0.25, 0.3) is 0 Å². The van der Waals surface area contributed by atoms with Gasteiger partial charge in [0.05, 0.1) is 12.9 Å². The van der Waals surface area contributed by atoms with Gasteiger partial charge in [-0.1, -0.05) is 42.8 Å². The van der Waals surface area contributed by atoms with Crippen molar-refractivity contribution in [3.05, 3.63) is 54.1 Å². The van der Waals surface area contributed by atoms with E-state index in [0.717, 1.165) is 37.5 Å². The van der Waals surface area contributed by atoms with Gasteiger partial charge in [-0.3, -0.25) is 13.9 Å². The number of anilines is 1. The number of ether oxygens (including phenoxy) is 2. The predicted octanol–water partition coefficient (Wildman–Crippen LogP) is 4.92. The molecule has 1 saturated heterocycles. The number of nitrogens with zero attached hydrogens (tertiary/aromatic N) is 4. The summed E-state index contributed by atoms with van der Waals surface area (Å²) in [6.07, 6.45) is 3.56. The Kier molecular flexibility index (Phi) is 9.04. The molecule has 0 radical (unpaired) electrons. The highest BCUT2D eigenvalue weighted by Crippen LogP contribution is 2.50. The molecular weight excluding hydrogens is 611 g/mol. The van der Waals surface area contributed by atoms with E-state index < -0.39 is 44.8 Å². The van der Waals surface area contributed by atoms with E-state index in [2.05, 4.69) is 20.0 Å². The summed E-state index contributed by atoms with van der Waals surface area (Å²) in [5.74, 6) is -0.153. The van der Waals surface area contributed by atoms with Crippen LogP contribution in [-0.2, 0) is 23.4 Å². The van der Waals surface area contributed by atoms with Crippen LogP contribution in [0.3, 0.4) is 0 Å². The summed E-state index contributed by atoms with van der Waals surface area (Å²) in [5.41, 5.74) is 6.62. The zero-order valence-electron chi connectivity index (χ0n) is 24.0. The standard InChI is InChI=1S/C29H34ClN6O7P/c1-17(28(38)40-19-10-3-2-4-11-19)35-44(39,42-21-13-7-9-18-8-5-6-12-20(18)21)43-22-14-24(41-23(22)15-37)36-16-32-25-26(31)33-29(30)34-27(25)36/h5-9,12-13,16-17,19,22-24,37H,2-4,10-11,14-15H2,1H3,(H,35,39)(H2,31,33,34)/t17-,22?,23+,24+,44?/m0/s1. The quantitative estimate of drug-likeness (QED) is 0.121. The lowest BCUT2D eigenvalue weighted by Gasteiger charge is -2.28. The van der Waals surface area contributed by atoms with E-state index in [9.17, 15) is 14.5 Å². The Morgan fingerprint density at radius 1 is 1.20 bits per heavy atom. The summed E-state index contributed by atoms with van der Waals surface area (Å²) >= 11 is 6.04. The van der Waals surface area contributed by atoms with Gasteiger partial charge in [-0.05, 0) is 55.7 Å². The molecule has 15 heteroatoms. The molecular formula is C29H34ClN6O7P. The van der Waals surface area contributed by atoms with Gasteiger partial charge in [0.2, 0.25) is 5.28 Å². The minimum Gasteiger partial charge on any atom is -0.461 e. The average Bonchev–Trinajstić information content (AvgIpc) is 3.61. The number of hydrogen-bond acceptors (Lipinski definition) is 11. The summed E-state index contributed by atoms with van der Waals surface area (Å²) in [7, 11) is -4.31. The third-order valence-electron chi connectivity index (χ3n) is 7.87. The Morgan fingerprint density at radius 3 is 2.77 bits per heavy atom. The molecule has 44 heavy (non-hydrogen) atoms. The number of nitrogens with one attached hydrogen (secondary N) is 1. The second-order valence-corrected chi connectivity index (χ2v) is 13.0. The minimum atomic E-state index is -4.31. The van der Waals surface area contributed by atoms with Crippen molar-refractivity contribution < 1.29 is 33.0 Å². The molecule has 234 valence electrons. The minimum absolute atomic E-state index is 0.0625. The third kappa shape index (κ3) is 6.53. The van der Waals surface area contributed by atoms with Crippen LogP contribution in [0.4, 0.5) is 5.82 Å². The molecule has 2 aromatic heterocycles. The van der Waals surface area contributed by atoms with E-state index in [1.807, 2.05) is 30.3 Å². The van der Waals surface area contributed by atoms with Crippen molar-refractivity contribution in [1.29, 1.82) is 0 Å². The zero-order chi connectivity index (χ0) is 30.8. The Labute approximate surface area is 258 Å². The number of halogens is 1. The van der Waals surface area contributed by atoms with Crippen LogP contribution in [0.2, 0.25) is 5.28 Å². The summed E-state index contributed by atoms with van der Waals surface area (Å²) < 4.78 is 40.2. The van der Waals surface area contributed by atoms with Crippen LogP contribution in [-0.4, -0.2) is 61.6 Å². The normalized spacial score (nSPS) is 23.0. The van der Waals surface area contributed by atoms with Gasteiger partial charge >= 0.3 is 13.7 Å². The fourth-order valence-corrected chi connectivity index (χ4v) is 7.57. The molecule has 3 heterocycles. The second kappa shape index (κ2) is 13.0. The number of carbonyl (C=O) groups is 1. The summed E-state index contributed by atoms with van der Waals surface area (Å²) in [5, 5.41) is 14.5. The van der Waals surface area contributed by atoms with Crippen LogP contribution < -0.4 is 15.3 Å². The van der Waals surface area contributed by atoms with E-state index in [0.29, 0.717) is 22.3 Å². The summed E-state index contributed by atoms with van der Waals surface area (Å²) in [6.45, 7) is 1.11. The van der Waals surface area contributed by atoms with Crippen LogP contribution in [0.25, 0.3) is 21.9 Å². The molecule has 2 aliphatic rings. The molecule has 4 N–H and O–H groups in total. The van der Waals surface area contributed by atoms with Gasteiger partial charge in [-0.25, -0.2) is 9.55 Å². The van der Waals surface area contributed by atoms with Crippen molar-refractivity contribution in [2.24, 2.45) is 0 Å².